The predicted molar refractivity (Wildman–Crippen MR) is 47.3 cm³/mol. The van der Waals surface area contributed by atoms with Crippen molar-refractivity contribution in [2.24, 2.45) is 0 Å². The Morgan fingerprint density at radius 3 is 2.14 bits per heavy atom. The maximum Gasteiger partial charge on any atom is 0.337 e. The van der Waals surface area contributed by atoms with E-state index in [1.165, 1.54) is 31.4 Å². The van der Waals surface area contributed by atoms with E-state index in [1.54, 1.807) is 0 Å². The number of hydrogen-bond acceptors (Lipinski definition) is 2. The number of carbonyl (C=O) groups excluding carboxylic acids is 1. The second kappa shape index (κ2) is 3.74. The van der Waals surface area contributed by atoms with Crippen molar-refractivity contribution in [2.45, 2.75) is 12.8 Å². The normalized spacial score (nSPS) is 11.1. The smallest absolute Gasteiger partial charge is 0.337 e. The number of alkyl halides is 2. The van der Waals surface area contributed by atoms with E-state index in [9.17, 15) is 13.6 Å². The zero-order valence-electron chi connectivity index (χ0n) is 7.88. The Bertz CT molecular complexity index is 325. The molecule has 0 bridgehead atoms. The standard InChI is InChI=1S/C10H10F2O2/c1-10(11,12)8-5-3-7(4-6-8)9(13)14-2/h3-6H,1-2H3. The van der Waals surface area contributed by atoms with Crippen LogP contribution in [0.2, 0.25) is 0 Å². The zero-order chi connectivity index (χ0) is 10.8. The van der Waals surface area contributed by atoms with Gasteiger partial charge in [0.05, 0.1) is 12.7 Å². The van der Waals surface area contributed by atoms with E-state index in [2.05, 4.69) is 4.74 Å². The second-order valence-corrected chi connectivity index (χ2v) is 2.96. The summed E-state index contributed by atoms with van der Waals surface area (Å²) in [5, 5.41) is 0. The van der Waals surface area contributed by atoms with Gasteiger partial charge in [-0.25, -0.2) is 13.6 Å². The summed E-state index contributed by atoms with van der Waals surface area (Å²) in [6.45, 7) is 0.806. The number of carbonyl (C=O) groups is 1. The molecule has 0 saturated carbocycles. The van der Waals surface area contributed by atoms with Gasteiger partial charge in [-0.05, 0) is 12.1 Å². The van der Waals surface area contributed by atoms with Gasteiger partial charge >= 0.3 is 5.97 Å². The van der Waals surface area contributed by atoms with Crippen molar-refractivity contribution in [3.63, 3.8) is 0 Å². The van der Waals surface area contributed by atoms with Crippen LogP contribution in [0.4, 0.5) is 8.78 Å². The molecule has 4 heteroatoms. The highest BCUT2D eigenvalue weighted by Crippen LogP contribution is 2.26. The Labute approximate surface area is 80.5 Å². The van der Waals surface area contributed by atoms with Crippen LogP contribution in [-0.4, -0.2) is 13.1 Å². The molecule has 0 aliphatic carbocycles. The molecule has 0 fully saturated rings. The van der Waals surface area contributed by atoms with Crippen LogP contribution in [-0.2, 0) is 10.7 Å². The number of ether oxygens (including phenoxy) is 1. The fourth-order valence-electron chi connectivity index (χ4n) is 1.02. The molecule has 0 spiro atoms. The lowest BCUT2D eigenvalue weighted by atomic mass is 10.1. The van der Waals surface area contributed by atoms with Crippen LogP contribution >= 0.6 is 0 Å². The number of benzene rings is 1. The highest BCUT2D eigenvalue weighted by atomic mass is 19.3. The van der Waals surface area contributed by atoms with E-state index in [4.69, 9.17) is 0 Å². The summed E-state index contributed by atoms with van der Waals surface area (Å²) in [4.78, 5) is 11.0. The van der Waals surface area contributed by atoms with Crippen molar-refractivity contribution in [3.8, 4) is 0 Å². The molecule has 0 radical (unpaired) electrons. The molecular weight excluding hydrogens is 190 g/mol. The molecule has 76 valence electrons. The number of methoxy groups -OCH3 is 1. The summed E-state index contributed by atoms with van der Waals surface area (Å²) in [6.07, 6.45) is 0. The van der Waals surface area contributed by atoms with Gasteiger partial charge in [-0.3, -0.25) is 0 Å². The van der Waals surface area contributed by atoms with Crippen molar-refractivity contribution in [3.05, 3.63) is 35.4 Å². The van der Waals surface area contributed by atoms with E-state index in [0.29, 0.717) is 0 Å². The molecule has 0 N–H and O–H groups in total. The Hall–Kier alpha value is -1.45. The monoisotopic (exact) mass is 200 g/mol. The fourth-order valence-corrected chi connectivity index (χ4v) is 1.02. The van der Waals surface area contributed by atoms with Gasteiger partial charge in [0.2, 0.25) is 0 Å². The van der Waals surface area contributed by atoms with E-state index >= 15 is 0 Å². The molecule has 0 heterocycles. The molecule has 0 atom stereocenters. The summed E-state index contributed by atoms with van der Waals surface area (Å²) >= 11 is 0. The summed E-state index contributed by atoms with van der Waals surface area (Å²) in [5.74, 6) is -3.41. The van der Waals surface area contributed by atoms with Gasteiger partial charge in [0.15, 0.2) is 0 Å². The zero-order valence-corrected chi connectivity index (χ0v) is 7.88. The molecule has 0 amide bonds. The summed E-state index contributed by atoms with van der Waals surface area (Å²) < 4.78 is 29.9. The molecule has 0 saturated heterocycles. The van der Waals surface area contributed by atoms with Gasteiger partial charge in [0.1, 0.15) is 0 Å². The highest BCUT2D eigenvalue weighted by molar-refractivity contribution is 5.89. The SMILES string of the molecule is COC(=O)c1ccc(C(C)(F)F)cc1. The molecule has 0 aliphatic heterocycles. The van der Waals surface area contributed by atoms with Crippen LogP contribution < -0.4 is 0 Å². The lowest BCUT2D eigenvalue weighted by molar-refractivity contribution is 0.0174. The van der Waals surface area contributed by atoms with Gasteiger partial charge in [-0.1, -0.05) is 12.1 Å². The van der Waals surface area contributed by atoms with Gasteiger partial charge in [0.25, 0.3) is 5.92 Å². The Kier molecular flexibility index (Phi) is 2.84. The second-order valence-electron chi connectivity index (χ2n) is 2.96. The lowest BCUT2D eigenvalue weighted by Gasteiger charge is -2.10. The molecule has 0 aliphatic rings. The van der Waals surface area contributed by atoms with E-state index in [-0.39, 0.29) is 11.1 Å². The summed E-state index contributed by atoms with van der Waals surface area (Å²) in [5.41, 5.74) is 0.144. The third-order valence-electron chi connectivity index (χ3n) is 1.81. The third kappa shape index (κ3) is 2.28. The minimum Gasteiger partial charge on any atom is -0.465 e. The van der Waals surface area contributed by atoms with Crippen molar-refractivity contribution in [2.75, 3.05) is 7.11 Å². The molecule has 0 unspecified atom stereocenters. The highest BCUT2D eigenvalue weighted by Gasteiger charge is 2.24. The number of hydrogen-bond donors (Lipinski definition) is 0. The Morgan fingerprint density at radius 2 is 1.79 bits per heavy atom. The van der Waals surface area contributed by atoms with Crippen molar-refractivity contribution >= 4 is 5.97 Å². The first-order valence-electron chi connectivity index (χ1n) is 4.02. The van der Waals surface area contributed by atoms with E-state index in [0.717, 1.165) is 6.92 Å². The van der Waals surface area contributed by atoms with Crippen molar-refractivity contribution < 1.29 is 18.3 Å². The minimum absolute atomic E-state index is 0.120. The predicted octanol–water partition coefficient (Wildman–Crippen LogP) is 2.58. The van der Waals surface area contributed by atoms with Crippen LogP contribution in [0.5, 0.6) is 0 Å². The molecule has 1 aromatic rings. The van der Waals surface area contributed by atoms with Crippen LogP contribution in [0.3, 0.4) is 0 Å². The van der Waals surface area contributed by atoms with E-state index in [1.807, 2.05) is 0 Å². The van der Waals surface area contributed by atoms with Gasteiger partial charge in [-0.2, -0.15) is 0 Å². The Morgan fingerprint density at radius 1 is 1.29 bits per heavy atom. The van der Waals surface area contributed by atoms with Crippen molar-refractivity contribution in [1.82, 2.24) is 0 Å². The quantitative estimate of drug-likeness (QED) is 0.686. The number of halogens is 2. The first kappa shape index (κ1) is 10.6. The van der Waals surface area contributed by atoms with Crippen LogP contribution in [0.25, 0.3) is 0 Å². The maximum absolute atomic E-state index is 12.8. The first-order chi connectivity index (χ1) is 6.45. The van der Waals surface area contributed by atoms with Gasteiger partial charge < -0.3 is 4.74 Å². The molecule has 14 heavy (non-hydrogen) atoms. The van der Waals surface area contributed by atoms with Crippen LogP contribution in [0.15, 0.2) is 24.3 Å². The van der Waals surface area contributed by atoms with Gasteiger partial charge in [-0.15, -0.1) is 0 Å². The maximum atomic E-state index is 12.8. The molecule has 1 aromatic carbocycles. The largest absolute Gasteiger partial charge is 0.465 e. The average Bonchev–Trinajstić information content (AvgIpc) is 2.15. The first-order valence-corrected chi connectivity index (χ1v) is 4.02. The summed E-state index contributed by atoms with van der Waals surface area (Å²) in [6, 6.07) is 5.07. The number of esters is 1. The van der Waals surface area contributed by atoms with Crippen LogP contribution in [0.1, 0.15) is 22.8 Å². The molecule has 2 nitrogen and oxygen atoms in total. The third-order valence-corrected chi connectivity index (χ3v) is 1.81. The molecular formula is C10H10F2O2. The fraction of sp³-hybridized carbons (Fsp3) is 0.300. The summed E-state index contributed by atoms with van der Waals surface area (Å²) in [7, 11) is 1.24. The Balaban J connectivity index is 2.95. The van der Waals surface area contributed by atoms with E-state index < -0.39 is 11.9 Å². The average molecular weight is 200 g/mol. The van der Waals surface area contributed by atoms with Crippen molar-refractivity contribution in [1.29, 1.82) is 0 Å². The minimum atomic E-state index is -2.88. The van der Waals surface area contributed by atoms with Gasteiger partial charge in [0, 0.05) is 12.5 Å². The topological polar surface area (TPSA) is 26.3 Å². The molecule has 0 aromatic heterocycles. The lowest BCUT2D eigenvalue weighted by Crippen LogP contribution is -2.08. The van der Waals surface area contributed by atoms with Crippen LogP contribution in [0, 0.1) is 0 Å². The number of rotatable bonds is 2. The molecule has 1 rings (SSSR count).